The highest BCUT2D eigenvalue weighted by molar-refractivity contribution is 6.42. The fourth-order valence-corrected chi connectivity index (χ4v) is 1.84. The lowest BCUT2D eigenvalue weighted by Gasteiger charge is -2.23. The Kier molecular flexibility index (Phi) is 3.68. The maximum Gasteiger partial charge on any atom is 0.148 e. The fourth-order valence-electron chi connectivity index (χ4n) is 1.09. The largest absolute Gasteiger partial charge is 0.237 e. The minimum Gasteiger partial charge on any atom is -0.237 e. The molecule has 0 aliphatic rings. The molecule has 0 radical (unpaired) electrons. The number of hydrogen-bond donors (Lipinski definition) is 0. The quantitative estimate of drug-likeness (QED) is 0.694. The third kappa shape index (κ3) is 2.33. The number of aromatic nitrogens is 1. The molecular weight excluding hydrogens is 240 g/mol. The Balaban J connectivity index is 3.29. The van der Waals surface area contributed by atoms with Crippen LogP contribution in [0.15, 0.2) is 6.07 Å². The predicted molar refractivity (Wildman–Crippen MR) is 62.6 cm³/mol. The van der Waals surface area contributed by atoms with Crippen molar-refractivity contribution in [2.24, 2.45) is 0 Å². The van der Waals surface area contributed by atoms with Gasteiger partial charge in [-0.05, 0) is 12.5 Å². The third-order valence-corrected chi connectivity index (χ3v) is 3.37. The van der Waals surface area contributed by atoms with Gasteiger partial charge in [0, 0.05) is 5.41 Å². The van der Waals surface area contributed by atoms with Crippen molar-refractivity contribution in [3.63, 3.8) is 0 Å². The van der Waals surface area contributed by atoms with Crippen molar-refractivity contribution in [1.29, 1.82) is 0 Å². The maximum atomic E-state index is 6.06. The summed E-state index contributed by atoms with van der Waals surface area (Å²) in [4.78, 5) is 4.22. The van der Waals surface area contributed by atoms with Crippen molar-refractivity contribution >= 4 is 34.8 Å². The van der Waals surface area contributed by atoms with Crippen molar-refractivity contribution in [2.75, 3.05) is 0 Å². The first-order valence-corrected chi connectivity index (χ1v) is 5.54. The van der Waals surface area contributed by atoms with Crippen LogP contribution in [0.25, 0.3) is 0 Å². The molecule has 14 heavy (non-hydrogen) atoms. The highest BCUT2D eigenvalue weighted by atomic mass is 35.5. The molecule has 1 rings (SSSR count). The molecule has 1 aromatic rings. The first-order valence-electron chi connectivity index (χ1n) is 4.40. The second-order valence-electron chi connectivity index (χ2n) is 3.83. The molecule has 0 aliphatic heterocycles. The van der Waals surface area contributed by atoms with E-state index in [1.807, 2.05) is 0 Å². The topological polar surface area (TPSA) is 12.9 Å². The van der Waals surface area contributed by atoms with E-state index in [0.717, 1.165) is 12.1 Å². The molecule has 4 heteroatoms. The molecule has 0 saturated carbocycles. The molecule has 0 fully saturated rings. The van der Waals surface area contributed by atoms with Gasteiger partial charge in [0.2, 0.25) is 0 Å². The standard InChI is InChI=1S/C10H12Cl3N/c1-4-10(2,3)8-6(11)5-7(12)9(13)14-8/h5H,4H2,1-3H3. The molecule has 1 aromatic heterocycles. The summed E-state index contributed by atoms with van der Waals surface area (Å²) in [5.74, 6) is 0. The normalized spacial score (nSPS) is 11.9. The van der Waals surface area contributed by atoms with Crippen molar-refractivity contribution < 1.29 is 0 Å². The Hall–Kier alpha value is 0.0200. The predicted octanol–water partition coefficient (Wildman–Crippen LogP) is 4.73. The van der Waals surface area contributed by atoms with Crippen LogP contribution in [-0.4, -0.2) is 4.98 Å². The monoisotopic (exact) mass is 251 g/mol. The van der Waals surface area contributed by atoms with Gasteiger partial charge in [0.05, 0.1) is 15.7 Å². The Morgan fingerprint density at radius 3 is 2.29 bits per heavy atom. The van der Waals surface area contributed by atoms with Gasteiger partial charge in [-0.25, -0.2) is 4.98 Å². The van der Waals surface area contributed by atoms with Crippen molar-refractivity contribution in [3.05, 3.63) is 27.0 Å². The summed E-state index contributed by atoms with van der Waals surface area (Å²) in [6, 6.07) is 1.64. The Bertz CT molecular complexity index is 347. The molecule has 1 nitrogen and oxygen atoms in total. The lowest BCUT2D eigenvalue weighted by molar-refractivity contribution is 0.491. The van der Waals surface area contributed by atoms with E-state index in [9.17, 15) is 0 Å². The number of nitrogens with zero attached hydrogens (tertiary/aromatic N) is 1. The summed E-state index contributed by atoms with van der Waals surface area (Å²) in [6.45, 7) is 6.23. The Morgan fingerprint density at radius 1 is 1.21 bits per heavy atom. The van der Waals surface area contributed by atoms with Gasteiger partial charge < -0.3 is 0 Å². The minimum absolute atomic E-state index is 0.0781. The molecule has 0 atom stereocenters. The van der Waals surface area contributed by atoms with E-state index < -0.39 is 0 Å². The number of hydrogen-bond acceptors (Lipinski definition) is 1. The molecule has 0 saturated heterocycles. The lowest BCUT2D eigenvalue weighted by Crippen LogP contribution is -2.18. The van der Waals surface area contributed by atoms with Gasteiger partial charge in [0.15, 0.2) is 0 Å². The van der Waals surface area contributed by atoms with Gasteiger partial charge in [0.1, 0.15) is 5.15 Å². The highest BCUT2D eigenvalue weighted by Crippen LogP contribution is 2.34. The van der Waals surface area contributed by atoms with E-state index in [2.05, 4.69) is 25.8 Å². The molecule has 78 valence electrons. The molecule has 0 N–H and O–H groups in total. The summed E-state index contributed by atoms with van der Waals surface area (Å²) in [5, 5.41) is 1.28. The minimum atomic E-state index is -0.0781. The van der Waals surface area contributed by atoms with Crippen LogP contribution in [0.1, 0.15) is 32.9 Å². The van der Waals surface area contributed by atoms with E-state index in [-0.39, 0.29) is 5.41 Å². The van der Waals surface area contributed by atoms with Gasteiger partial charge in [-0.1, -0.05) is 55.6 Å². The van der Waals surface area contributed by atoms with Gasteiger partial charge in [-0.15, -0.1) is 0 Å². The van der Waals surface area contributed by atoms with Crippen LogP contribution in [0.3, 0.4) is 0 Å². The average molecular weight is 253 g/mol. The van der Waals surface area contributed by atoms with Crippen LogP contribution in [0.4, 0.5) is 0 Å². The number of halogens is 3. The van der Waals surface area contributed by atoms with Gasteiger partial charge in [-0.2, -0.15) is 0 Å². The molecular formula is C10H12Cl3N. The summed E-state index contributed by atoms with van der Waals surface area (Å²) in [5.41, 5.74) is 0.724. The third-order valence-electron chi connectivity index (χ3n) is 2.41. The van der Waals surface area contributed by atoms with Crippen LogP contribution < -0.4 is 0 Å². The van der Waals surface area contributed by atoms with Gasteiger partial charge >= 0.3 is 0 Å². The summed E-state index contributed by atoms with van der Waals surface area (Å²) in [6.07, 6.45) is 0.942. The Morgan fingerprint density at radius 2 is 1.79 bits per heavy atom. The van der Waals surface area contributed by atoms with Crippen LogP contribution in [0.2, 0.25) is 15.2 Å². The number of rotatable bonds is 2. The molecule has 1 heterocycles. The van der Waals surface area contributed by atoms with E-state index in [0.29, 0.717) is 15.2 Å². The average Bonchev–Trinajstić information content (AvgIpc) is 2.11. The molecule has 0 aliphatic carbocycles. The van der Waals surface area contributed by atoms with E-state index in [1.54, 1.807) is 6.07 Å². The van der Waals surface area contributed by atoms with Crippen molar-refractivity contribution in [2.45, 2.75) is 32.6 Å². The van der Waals surface area contributed by atoms with Crippen LogP contribution in [0.5, 0.6) is 0 Å². The van der Waals surface area contributed by atoms with Gasteiger partial charge in [-0.3, -0.25) is 0 Å². The molecule has 0 aromatic carbocycles. The summed E-state index contributed by atoms with van der Waals surface area (Å²) in [7, 11) is 0. The van der Waals surface area contributed by atoms with E-state index in [4.69, 9.17) is 34.8 Å². The zero-order valence-electron chi connectivity index (χ0n) is 8.37. The fraction of sp³-hybridized carbons (Fsp3) is 0.500. The molecule has 0 unspecified atom stereocenters. The van der Waals surface area contributed by atoms with Crippen LogP contribution >= 0.6 is 34.8 Å². The maximum absolute atomic E-state index is 6.06. The first kappa shape index (κ1) is 12.1. The lowest BCUT2D eigenvalue weighted by atomic mass is 9.86. The van der Waals surface area contributed by atoms with Crippen LogP contribution in [-0.2, 0) is 5.41 Å². The van der Waals surface area contributed by atoms with E-state index in [1.165, 1.54) is 0 Å². The van der Waals surface area contributed by atoms with E-state index >= 15 is 0 Å². The van der Waals surface area contributed by atoms with Crippen molar-refractivity contribution in [3.8, 4) is 0 Å². The number of pyridine rings is 1. The second-order valence-corrected chi connectivity index (χ2v) is 5.00. The first-order chi connectivity index (χ1) is 6.38. The summed E-state index contributed by atoms with van der Waals surface area (Å²) >= 11 is 17.7. The van der Waals surface area contributed by atoms with Crippen LogP contribution in [0, 0.1) is 0 Å². The zero-order chi connectivity index (χ0) is 10.9. The SMILES string of the molecule is CCC(C)(C)c1nc(Cl)c(Cl)cc1Cl. The molecule has 0 spiro atoms. The summed E-state index contributed by atoms with van der Waals surface area (Å²) < 4.78 is 0. The van der Waals surface area contributed by atoms with Crippen molar-refractivity contribution in [1.82, 2.24) is 4.98 Å². The molecule has 0 bridgehead atoms. The molecule has 0 amide bonds. The second kappa shape index (κ2) is 4.26. The zero-order valence-corrected chi connectivity index (χ0v) is 10.6. The van der Waals surface area contributed by atoms with Gasteiger partial charge in [0.25, 0.3) is 0 Å². The highest BCUT2D eigenvalue weighted by Gasteiger charge is 2.24. The smallest absolute Gasteiger partial charge is 0.148 e. The Labute approximate surface area is 99.4 Å².